The molecule has 1 saturated carbocycles. The van der Waals surface area contributed by atoms with E-state index in [0.29, 0.717) is 19.4 Å². The molecule has 1 aromatic carbocycles. The van der Waals surface area contributed by atoms with Crippen molar-refractivity contribution in [3.05, 3.63) is 35.9 Å². The molecule has 2 rings (SSSR count). The Hall–Kier alpha value is -1.84. The molecule has 1 aliphatic rings. The van der Waals surface area contributed by atoms with Gasteiger partial charge in [0.2, 0.25) is 11.8 Å². The van der Waals surface area contributed by atoms with E-state index in [2.05, 4.69) is 5.32 Å². The average molecular weight is 330 g/mol. The number of benzene rings is 1. The lowest BCUT2D eigenvalue weighted by atomic mass is 10.1. The monoisotopic (exact) mass is 330 g/mol. The number of hydrogen-bond donors (Lipinski definition) is 1. The molecular weight excluding hydrogens is 300 g/mol. The smallest absolute Gasteiger partial charge is 0.243 e. The molecule has 132 valence electrons. The molecule has 24 heavy (non-hydrogen) atoms. The van der Waals surface area contributed by atoms with E-state index in [4.69, 9.17) is 0 Å². The van der Waals surface area contributed by atoms with Gasteiger partial charge in [0.1, 0.15) is 6.04 Å². The van der Waals surface area contributed by atoms with Gasteiger partial charge in [-0.25, -0.2) is 0 Å². The third-order valence-corrected chi connectivity index (χ3v) is 4.75. The van der Waals surface area contributed by atoms with Gasteiger partial charge in [-0.1, -0.05) is 57.0 Å². The summed E-state index contributed by atoms with van der Waals surface area (Å²) in [6, 6.07) is 9.82. The topological polar surface area (TPSA) is 49.4 Å². The summed E-state index contributed by atoms with van der Waals surface area (Å²) < 4.78 is 0. The van der Waals surface area contributed by atoms with Gasteiger partial charge in [-0.05, 0) is 31.2 Å². The summed E-state index contributed by atoms with van der Waals surface area (Å²) in [6.07, 6.45) is 6.41. The van der Waals surface area contributed by atoms with Crippen LogP contribution in [0.25, 0.3) is 0 Å². The van der Waals surface area contributed by atoms with Gasteiger partial charge in [-0.3, -0.25) is 9.59 Å². The van der Waals surface area contributed by atoms with Crippen LogP contribution in [0.4, 0.5) is 0 Å². The Kier molecular flexibility index (Phi) is 7.29. The normalized spacial score (nSPS) is 15.9. The summed E-state index contributed by atoms with van der Waals surface area (Å²) in [6.45, 7) is 4.48. The highest BCUT2D eigenvalue weighted by atomic mass is 16.2. The highest BCUT2D eigenvalue weighted by Gasteiger charge is 2.29. The van der Waals surface area contributed by atoms with Crippen LogP contribution in [0.3, 0.4) is 0 Å². The fraction of sp³-hybridized carbons (Fsp3) is 0.600. The number of carbonyl (C=O) groups is 2. The van der Waals surface area contributed by atoms with Crippen molar-refractivity contribution in [2.75, 3.05) is 0 Å². The molecule has 4 nitrogen and oxygen atoms in total. The second kappa shape index (κ2) is 9.45. The van der Waals surface area contributed by atoms with E-state index in [1.807, 2.05) is 44.2 Å². The largest absolute Gasteiger partial charge is 0.352 e. The van der Waals surface area contributed by atoms with Crippen molar-refractivity contribution < 1.29 is 9.59 Å². The van der Waals surface area contributed by atoms with Gasteiger partial charge in [-0.2, -0.15) is 0 Å². The van der Waals surface area contributed by atoms with Crippen LogP contribution in [0.1, 0.15) is 64.4 Å². The molecule has 1 atom stereocenters. The SMILES string of the molecule is CCCC(=O)N(Cc1ccccc1)C(CC)C(=O)NC1CCCC1. The van der Waals surface area contributed by atoms with Gasteiger partial charge in [0, 0.05) is 19.0 Å². The van der Waals surface area contributed by atoms with Gasteiger partial charge < -0.3 is 10.2 Å². The standard InChI is InChI=1S/C20H30N2O2/c1-3-10-19(23)22(15-16-11-6-5-7-12-16)18(4-2)20(24)21-17-13-8-9-14-17/h5-7,11-12,17-18H,3-4,8-10,13-15H2,1-2H3,(H,21,24). The Labute approximate surface area is 145 Å². The first-order valence-electron chi connectivity index (χ1n) is 9.29. The van der Waals surface area contributed by atoms with Crippen molar-refractivity contribution in [3.8, 4) is 0 Å². The molecule has 0 heterocycles. The van der Waals surface area contributed by atoms with Crippen LogP contribution in [0.15, 0.2) is 30.3 Å². The minimum Gasteiger partial charge on any atom is -0.352 e. The molecule has 2 amide bonds. The Morgan fingerprint density at radius 3 is 2.42 bits per heavy atom. The number of amides is 2. The number of rotatable bonds is 8. The van der Waals surface area contributed by atoms with Crippen LogP contribution in [-0.4, -0.2) is 28.8 Å². The van der Waals surface area contributed by atoms with E-state index in [1.54, 1.807) is 4.90 Å². The number of nitrogens with zero attached hydrogens (tertiary/aromatic N) is 1. The van der Waals surface area contributed by atoms with Gasteiger partial charge in [-0.15, -0.1) is 0 Å². The van der Waals surface area contributed by atoms with E-state index in [0.717, 1.165) is 24.8 Å². The van der Waals surface area contributed by atoms with Crippen molar-refractivity contribution >= 4 is 11.8 Å². The van der Waals surface area contributed by atoms with Gasteiger partial charge in [0.25, 0.3) is 0 Å². The van der Waals surface area contributed by atoms with Crippen LogP contribution < -0.4 is 5.32 Å². The maximum atomic E-state index is 12.8. The lowest BCUT2D eigenvalue weighted by Crippen LogP contribution is -2.50. The van der Waals surface area contributed by atoms with E-state index in [-0.39, 0.29) is 23.9 Å². The Balaban J connectivity index is 2.11. The fourth-order valence-electron chi connectivity index (χ4n) is 3.42. The summed E-state index contributed by atoms with van der Waals surface area (Å²) in [5.41, 5.74) is 1.06. The highest BCUT2D eigenvalue weighted by molar-refractivity contribution is 5.87. The number of carbonyl (C=O) groups excluding carboxylic acids is 2. The molecular formula is C20H30N2O2. The molecule has 0 bridgehead atoms. The highest BCUT2D eigenvalue weighted by Crippen LogP contribution is 2.19. The summed E-state index contributed by atoms with van der Waals surface area (Å²) in [7, 11) is 0. The quantitative estimate of drug-likeness (QED) is 0.791. The van der Waals surface area contributed by atoms with Crippen molar-refractivity contribution in [2.45, 2.75) is 77.4 Å². The molecule has 1 unspecified atom stereocenters. The summed E-state index contributed by atoms with van der Waals surface area (Å²) in [4.78, 5) is 27.2. The maximum absolute atomic E-state index is 12.8. The Bertz CT molecular complexity index is 524. The first-order valence-corrected chi connectivity index (χ1v) is 9.29. The van der Waals surface area contributed by atoms with E-state index in [1.165, 1.54) is 12.8 Å². The van der Waals surface area contributed by atoms with Gasteiger partial charge in [0.05, 0.1) is 0 Å². The third kappa shape index (κ3) is 5.08. The molecule has 1 aromatic rings. The zero-order valence-electron chi connectivity index (χ0n) is 15.0. The molecule has 0 aromatic heterocycles. The first kappa shape index (κ1) is 18.5. The Morgan fingerprint density at radius 1 is 1.17 bits per heavy atom. The third-order valence-electron chi connectivity index (χ3n) is 4.75. The average Bonchev–Trinajstić information content (AvgIpc) is 3.08. The maximum Gasteiger partial charge on any atom is 0.243 e. The summed E-state index contributed by atoms with van der Waals surface area (Å²) in [5.74, 6) is 0.0690. The molecule has 0 saturated heterocycles. The number of nitrogens with one attached hydrogen (secondary N) is 1. The molecule has 1 N–H and O–H groups in total. The lowest BCUT2D eigenvalue weighted by Gasteiger charge is -2.31. The van der Waals surface area contributed by atoms with E-state index < -0.39 is 0 Å². The zero-order valence-corrected chi connectivity index (χ0v) is 15.0. The molecule has 4 heteroatoms. The van der Waals surface area contributed by atoms with Crippen molar-refractivity contribution in [3.63, 3.8) is 0 Å². The number of hydrogen-bond acceptors (Lipinski definition) is 2. The van der Waals surface area contributed by atoms with E-state index >= 15 is 0 Å². The minimum atomic E-state index is -0.384. The Morgan fingerprint density at radius 2 is 1.83 bits per heavy atom. The summed E-state index contributed by atoms with van der Waals surface area (Å²) >= 11 is 0. The van der Waals surface area contributed by atoms with Crippen molar-refractivity contribution in [2.24, 2.45) is 0 Å². The lowest BCUT2D eigenvalue weighted by molar-refractivity contribution is -0.141. The van der Waals surface area contributed by atoms with Gasteiger partial charge >= 0.3 is 0 Å². The molecule has 1 fully saturated rings. The molecule has 0 spiro atoms. The van der Waals surface area contributed by atoms with Crippen LogP contribution in [0.2, 0.25) is 0 Å². The van der Waals surface area contributed by atoms with Crippen LogP contribution >= 0.6 is 0 Å². The molecule has 1 aliphatic carbocycles. The van der Waals surface area contributed by atoms with E-state index in [9.17, 15) is 9.59 Å². The fourth-order valence-corrected chi connectivity index (χ4v) is 3.42. The second-order valence-electron chi connectivity index (χ2n) is 6.67. The predicted molar refractivity (Wildman–Crippen MR) is 96.4 cm³/mol. The second-order valence-corrected chi connectivity index (χ2v) is 6.67. The van der Waals surface area contributed by atoms with Crippen molar-refractivity contribution in [1.29, 1.82) is 0 Å². The van der Waals surface area contributed by atoms with Gasteiger partial charge in [0.15, 0.2) is 0 Å². The molecule has 0 radical (unpaired) electrons. The minimum absolute atomic E-state index is 0.00443. The van der Waals surface area contributed by atoms with Crippen LogP contribution in [0.5, 0.6) is 0 Å². The van der Waals surface area contributed by atoms with Crippen LogP contribution in [0, 0.1) is 0 Å². The van der Waals surface area contributed by atoms with Crippen LogP contribution in [-0.2, 0) is 16.1 Å². The zero-order chi connectivity index (χ0) is 17.4. The molecule has 0 aliphatic heterocycles. The summed E-state index contributed by atoms with van der Waals surface area (Å²) in [5, 5.41) is 3.16. The predicted octanol–water partition coefficient (Wildman–Crippen LogP) is 3.65. The first-order chi connectivity index (χ1) is 11.7. The van der Waals surface area contributed by atoms with Crippen molar-refractivity contribution in [1.82, 2.24) is 10.2 Å².